The van der Waals surface area contributed by atoms with Crippen LogP contribution < -0.4 is 9.84 Å². The fourth-order valence-corrected chi connectivity index (χ4v) is 4.53. The van der Waals surface area contributed by atoms with E-state index in [0.717, 1.165) is 25.0 Å². The molecule has 0 aliphatic heterocycles. The molecule has 4 aromatic rings. The molecule has 0 saturated carbocycles. The number of hydrogen-bond acceptors (Lipinski definition) is 6. The zero-order valence-electron chi connectivity index (χ0n) is 16.0. The maximum Gasteiger partial charge on any atom is 0.159 e. The first-order valence-electron chi connectivity index (χ1n) is 9.25. The minimum absolute atomic E-state index is 0.191. The largest absolute Gasteiger partial charge is 0.550 e. The Balaban J connectivity index is 1.71. The van der Waals surface area contributed by atoms with E-state index in [-0.39, 0.29) is 6.42 Å². The summed E-state index contributed by atoms with van der Waals surface area (Å²) < 4.78 is 7.00. The van der Waals surface area contributed by atoms with Crippen molar-refractivity contribution in [1.29, 1.82) is 5.26 Å². The number of pyridine rings is 1. The number of ether oxygens (including phenoxy) is 1. The quantitative estimate of drug-likeness (QED) is 0.374. The van der Waals surface area contributed by atoms with Gasteiger partial charge < -0.3 is 14.6 Å². The molecule has 1 aromatic heterocycles. The average molecular weight is 490 g/mol. The molecule has 0 saturated heterocycles. The number of fused-ring (bicyclic) bond motifs is 1. The molecule has 0 atom stereocenters. The van der Waals surface area contributed by atoms with E-state index in [4.69, 9.17) is 4.74 Å². The predicted octanol–water partition coefficient (Wildman–Crippen LogP) is 5.10. The van der Waals surface area contributed by atoms with Crippen LogP contribution in [0.25, 0.3) is 10.8 Å². The Hall–Kier alpha value is -3.34. The second-order valence-electron chi connectivity index (χ2n) is 6.60. The highest BCUT2D eigenvalue weighted by Crippen LogP contribution is 2.40. The molecule has 0 radical (unpaired) electrons. The number of halogens is 1. The van der Waals surface area contributed by atoms with E-state index in [1.54, 1.807) is 30.6 Å². The molecule has 0 bridgehead atoms. The van der Waals surface area contributed by atoms with Crippen LogP contribution in [0.3, 0.4) is 0 Å². The molecule has 0 fully saturated rings. The second-order valence-corrected chi connectivity index (χ2v) is 8.60. The van der Waals surface area contributed by atoms with Crippen LogP contribution in [0.15, 0.2) is 87.3 Å². The number of carbonyl (C=O) groups is 1. The number of carboxylic acids is 1. The first-order valence-corrected chi connectivity index (χ1v) is 10.9. The Labute approximate surface area is 191 Å². The number of benzene rings is 3. The SMILES string of the molecule is N#Cc1ccc(Oc2cnccc2Sc2ccc(Br)cc2CC(=O)[O-])c2ccccc12. The number of hydrogen-bond donors (Lipinski definition) is 0. The fourth-order valence-electron chi connectivity index (χ4n) is 3.16. The zero-order valence-corrected chi connectivity index (χ0v) is 18.4. The number of carbonyl (C=O) groups excluding carboxylic acids is 1. The Bertz CT molecular complexity index is 1330. The lowest BCUT2D eigenvalue weighted by Gasteiger charge is -2.15. The molecule has 152 valence electrons. The Morgan fingerprint density at radius 3 is 2.65 bits per heavy atom. The Kier molecular flexibility index (Phi) is 6.21. The van der Waals surface area contributed by atoms with Crippen LogP contribution in [0, 0.1) is 11.3 Å². The third-order valence-electron chi connectivity index (χ3n) is 4.55. The summed E-state index contributed by atoms with van der Waals surface area (Å²) in [7, 11) is 0. The van der Waals surface area contributed by atoms with Crippen LogP contribution in [0.4, 0.5) is 0 Å². The third kappa shape index (κ3) is 4.71. The molecule has 4 rings (SSSR count). The van der Waals surface area contributed by atoms with Gasteiger partial charge in [0.2, 0.25) is 0 Å². The predicted molar refractivity (Wildman–Crippen MR) is 120 cm³/mol. The molecular formula is C24H14BrN2O3S-. The highest BCUT2D eigenvalue weighted by atomic mass is 79.9. The van der Waals surface area contributed by atoms with Gasteiger partial charge in [-0.3, -0.25) is 4.98 Å². The van der Waals surface area contributed by atoms with E-state index in [1.807, 2.05) is 42.5 Å². The summed E-state index contributed by atoms with van der Waals surface area (Å²) in [6, 6.07) is 20.6. The van der Waals surface area contributed by atoms with Gasteiger partial charge in [-0.25, -0.2) is 0 Å². The summed E-state index contributed by atoms with van der Waals surface area (Å²) in [5, 5.41) is 22.2. The lowest BCUT2D eigenvalue weighted by molar-refractivity contribution is -0.304. The van der Waals surface area contributed by atoms with Gasteiger partial charge >= 0.3 is 0 Å². The molecule has 0 aliphatic rings. The minimum Gasteiger partial charge on any atom is -0.550 e. The highest BCUT2D eigenvalue weighted by molar-refractivity contribution is 9.10. The summed E-state index contributed by atoms with van der Waals surface area (Å²) >= 11 is 4.78. The molecule has 0 N–H and O–H groups in total. The standard InChI is InChI=1S/C24H15BrN2O3S/c25-17-6-8-22(16(11-17)12-24(28)29)31-23-9-10-27-14-21(23)30-20-7-5-15(13-26)18-3-1-2-4-19(18)20/h1-11,14H,12H2,(H,28,29)/p-1. The van der Waals surface area contributed by atoms with Crippen molar-refractivity contribution in [2.45, 2.75) is 16.2 Å². The molecule has 0 unspecified atom stereocenters. The first kappa shape index (κ1) is 20.9. The van der Waals surface area contributed by atoms with Gasteiger partial charge in [0, 0.05) is 38.7 Å². The Morgan fingerprint density at radius 1 is 1.06 bits per heavy atom. The normalized spacial score (nSPS) is 10.6. The van der Waals surface area contributed by atoms with Crippen molar-refractivity contribution in [2.24, 2.45) is 0 Å². The van der Waals surface area contributed by atoms with Crippen molar-refractivity contribution in [3.8, 4) is 17.6 Å². The van der Waals surface area contributed by atoms with E-state index in [1.165, 1.54) is 11.8 Å². The van der Waals surface area contributed by atoms with Gasteiger partial charge in [0.1, 0.15) is 5.75 Å². The van der Waals surface area contributed by atoms with Gasteiger partial charge in [-0.15, -0.1) is 0 Å². The summed E-state index contributed by atoms with van der Waals surface area (Å²) in [5.41, 5.74) is 1.22. The van der Waals surface area contributed by atoms with Crippen molar-refractivity contribution >= 4 is 44.4 Å². The van der Waals surface area contributed by atoms with Crippen LogP contribution in [-0.2, 0) is 11.2 Å². The van der Waals surface area contributed by atoms with Crippen molar-refractivity contribution in [3.05, 3.63) is 88.7 Å². The number of rotatable bonds is 6. The van der Waals surface area contributed by atoms with Crippen LogP contribution in [0.2, 0.25) is 0 Å². The minimum atomic E-state index is -1.14. The molecular weight excluding hydrogens is 476 g/mol. The molecule has 1 heterocycles. The van der Waals surface area contributed by atoms with E-state index in [9.17, 15) is 15.2 Å². The number of aromatic nitrogens is 1. The van der Waals surface area contributed by atoms with Gasteiger partial charge in [-0.05, 0) is 42.0 Å². The maximum atomic E-state index is 11.2. The van der Waals surface area contributed by atoms with Crippen LogP contribution in [0.5, 0.6) is 11.5 Å². The first-order chi connectivity index (χ1) is 15.0. The average Bonchev–Trinajstić information content (AvgIpc) is 2.76. The van der Waals surface area contributed by atoms with Gasteiger partial charge in [0.05, 0.1) is 22.7 Å². The van der Waals surface area contributed by atoms with Crippen molar-refractivity contribution in [2.75, 3.05) is 0 Å². The third-order valence-corrected chi connectivity index (χ3v) is 6.22. The molecule has 0 spiro atoms. The number of nitrogens with zero attached hydrogens (tertiary/aromatic N) is 2. The van der Waals surface area contributed by atoms with Crippen LogP contribution >= 0.6 is 27.7 Å². The maximum absolute atomic E-state index is 11.2. The van der Waals surface area contributed by atoms with Gasteiger partial charge in [-0.1, -0.05) is 52.0 Å². The van der Waals surface area contributed by atoms with E-state index < -0.39 is 5.97 Å². The van der Waals surface area contributed by atoms with Gasteiger partial charge in [0.25, 0.3) is 0 Å². The molecule has 7 heteroatoms. The summed E-state index contributed by atoms with van der Waals surface area (Å²) in [5.74, 6) is -0.00454. The van der Waals surface area contributed by atoms with E-state index in [2.05, 4.69) is 27.0 Å². The zero-order chi connectivity index (χ0) is 21.8. The second kappa shape index (κ2) is 9.21. The fraction of sp³-hybridized carbons (Fsp3) is 0.0417. The molecule has 0 amide bonds. The molecule has 0 aliphatic carbocycles. The lowest BCUT2D eigenvalue weighted by atomic mass is 10.0. The number of nitriles is 1. The van der Waals surface area contributed by atoms with Crippen molar-refractivity contribution < 1.29 is 14.6 Å². The van der Waals surface area contributed by atoms with Gasteiger partial charge in [-0.2, -0.15) is 5.26 Å². The summed E-state index contributed by atoms with van der Waals surface area (Å²) in [6.07, 6.45) is 3.08. The molecule has 3 aromatic carbocycles. The van der Waals surface area contributed by atoms with Crippen LogP contribution in [0.1, 0.15) is 11.1 Å². The summed E-state index contributed by atoms with van der Waals surface area (Å²) in [6.45, 7) is 0. The lowest BCUT2D eigenvalue weighted by Crippen LogP contribution is -2.24. The van der Waals surface area contributed by atoms with Crippen molar-refractivity contribution in [1.82, 2.24) is 4.98 Å². The highest BCUT2D eigenvalue weighted by Gasteiger charge is 2.13. The number of carboxylic acid groups (broad SMARTS) is 1. The van der Waals surface area contributed by atoms with Crippen LogP contribution in [-0.4, -0.2) is 11.0 Å². The monoisotopic (exact) mass is 489 g/mol. The smallest absolute Gasteiger partial charge is 0.159 e. The van der Waals surface area contributed by atoms with E-state index >= 15 is 0 Å². The summed E-state index contributed by atoms with van der Waals surface area (Å²) in [4.78, 5) is 16.9. The number of aliphatic carboxylic acids is 1. The molecule has 31 heavy (non-hydrogen) atoms. The van der Waals surface area contributed by atoms with Crippen molar-refractivity contribution in [3.63, 3.8) is 0 Å². The molecule has 5 nitrogen and oxygen atoms in total. The Morgan fingerprint density at radius 2 is 1.87 bits per heavy atom. The van der Waals surface area contributed by atoms with Gasteiger partial charge in [0.15, 0.2) is 5.75 Å². The topological polar surface area (TPSA) is 86.0 Å². The van der Waals surface area contributed by atoms with E-state index in [0.29, 0.717) is 22.6 Å².